The van der Waals surface area contributed by atoms with Crippen molar-refractivity contribution in [3.63, 3.8) is 0 Å². The van der Waals surface area contributed by atoms with Crippen LogP contribution < -0.4 is 5.32 Å². The molecule has 1 saturated heterocycles. The van der Waals surface area contributed by atoms with E-state index < -0.39 is 29.5 Å². The van der Waals surface area contributed by atoms with E-state index in [0.29, 0.717) is 5.69 Å². The molecule has 0 unspecified atom stereocenters. The molecule has 0 aliphatic carbocycles. The average Bonchev–Trinajstić information content (AvgIpc) is 3.08. The molecule has 5 heteroatoms. The maximum absolute atomic E-state index is 12.9. The third kappa shape index (κ3) is 2.12. The van der Waals surface area contributed by atoms with Crippen LogP contribution in [0, 0.1) is 11.8 Å². The quantitative estimate of drug-likeness (QED) is 0.852. The molecule has 0 spiro atoms. The van der Waals surface area contributed by atoms with E-state index in [4.69, 9.17) is 4.74 Å². The van der Waals surface area contributed by atoms with Gasteiger partial charge < -0.3 is 15.2 Å². The van der Waals surface area contributed by atoms with Crippen LogP contribution in [0.3, 0.4) is 0 Å². The Morgan fingerprint density at radius 1 is 1.17 bits per heavy atom. The van der Waals surface area contributed by atoms with Crippen molar-refractivity contribution in [1.29, 1.82) is 0 Å². The standard InChI is InChI=1S/C19H17NO4/c1-19-10-9-14(24-19)15(18(22)23)16(19)17(21)20-13-8-4-6-11-5-2-3-7-12(11)13/h2-10,14-16H,1H3,(H,20,21)(H,22,23)/t14-,15+,16+,19+/m1/s1. The van der Waals surface area contributed by atoms with Crippen molar-refractivity contribution in [1.82, 2.24) is 0 Å². The van der Waals surface area contributed by atoms with Gasteiger partial charge in [-0.2, -0.15) is 0 Å². The molecule has 4 atom stereocenters. The zero-order chi connectivity index (χ0) is 16.9. The number of ether oxygens (including phenoxy) is 1. The van der Waals surface area contributed by atoms with Gasteiger partial charge in [-0.05, 0) is 18.4 Å². The van der Waals surface area contributed by atoms with Crippen molar-refractivity contribution < 1.29 is 19.4 Å². The van der Waals surface area contributed by atoms with Gasteiger partial charge in [-0.3, -0.25) is 9.59 Å². The number of rotatable bonds is 3. The highest BCUT2D eigenvalue weighted by Gasteiger charge is 2.59. The summed E-state index contributed by atoms with van der Waals surface area (Å²) in [6, 6.07) is 13.4. The van der Waals surface area contributed by atoms with Gasteiger partial charge in [0.1, 0.15) is 5.92 Å². The zero-order valence-corrected chi connectivity index (χ0v) is 13.1. The fourth-order valence-corrected chi connectivity index (χ4v) is 3.83. The van der Waals surface area contributed by atoms with Gasteiger partial charge in [0.2, 0.25) is 5.91 Å². The van der Waals surface area contributed by atoms with E-state index in [-0.39, 0.29) is 5.91 Å². The first-order valence-corrected chi connectivity index (χ1v) is 7.88. The molecule has 0 radical (unpaired) electrons. The Morgan fingerprint density at radius 3 is 2.71 bits per heavy atom. The molecule has 2 aliphatic rings. The van der Waals surface area contributed by atoms with Crippen LogP contribution in [0.15, 0.2) is 54.6 Å². The van der Waals surface area contributed by atoms with E-state index in [1.807, 2.05) is 42.5 Å². The lowest BCUT2D eigenvalue weighted by Gasteiger charge is -2.28. The highest BCUT2D eigenvalue weighted by atomic mass is 16.5. The summed E-state index contributed by atoms with van der Waals surface area (Å²) in [5.74, 6) is -2.96. The maximum atomic E-state index is 12.9. The lowest BCUT2D eigenvalue weighted by Crippen LogP contribution is -2.44. The smallest absolute Gasteiger partial charge is 0.310 e. The fraction of sp³-hybridized carbons (Fsp3) is 0.263. The number of anilines is 1. The zero-order valence-electron chi connectivity index (χ0n) is 13.1. The summed E-state index contributed by atoms with van der Waals surface area (Å²) in [5, 5.41) is 14.4. The molecular weight excluding hydrogens is 306 g/mol. The molecule has 2 heterocycles. The van der Waals surface area contributed by atoms with E-state index in [2.05, 4.69) is 5.32 Å². The molecule has 1 fully saturated rings. The van der Waals surface area contributed by atoms with Crippen molar-refractivity contribution >= 4 is 28.3 Å². The Kier molecular flexibility index (Phi) is 3.21. The van der Waals surface area contributed by atoms with Gasteiger partial charge in [-0.25, -0.2) is 0 Å². The van der Waals surface area contributed by atoms with E-state index >= 15 is 0 Å². The van der Waals surface area contributed by atoms with Crippen LogP contribution >= 0.6 is 0 Å². The highest BCUT2D eigenvalue weighted by Crippen LogP contribution is 2.47. The van der Waals surface area contributed by atoms with Gasteiger partial charge in [-0.1, -0.05) is 48.6 Å². The molecule has 1 amide bonds. The minimum Gasteiger partial charge on any atom is -0.481 e. The Labute approximate surface area is 138 Å². The first-order chi connectivity index (χ1) is 11.5. The summed E-state index contributed by atoms with van der Waals surface area (Å²) in [6.07, 6.45) is 2.99. The molecule has 0 aromatic heterocycles. The minimum atomic E-state index is -1.01. The van der Waals surface area contributed by atoms with Crippen molar-refractivity contribution in [3.05, 3.63) is 54.6 Å². The number of nitrogens with one attached hydrogen (secondary N) is 1. The summed E-state index contributed by atoms with van der Waals surface area (Å²) < 4.78 is 5.74. The molecular formula is C19H17NO4. The number of aliphatic carboxylic acids is 1. The monoisotopic (exact) mass is 323 g/mol. The lowest BCUT2D eigenvalue weighted by molar-refractivity contribution is -0.146. The van der Waals surface area contributed by atoms with Crippen LogP contribution in [-0.2, 0) is 14.3 Å². The third-order valence-corrected chi connectivity index (χ3v) is 4.95. The van der Waals surface area contributed by atoms with Crippen LogP contribution in [0.2, 0.25) is 0 Å². The van der Waals surface area contributed by atoms with Crippen LogP contribution in [0.1, 0.15) is 6.92 Å². The van der Waals surface area contributed by atoms with E-state index in [9.17, 15) is 14.7 Å². The second kappa shape index (κ2) is 5.18. The van der Waals surface area contributed by atoms with Gasteiger partial charge >= 0.3 is 5.97 Å². The number of hydrogen-bond acceptors (Lipinski definition) is 3. The Bertz CT molecular complexity index is 869. The van der Waals surface area contributed by atoms with Crippen molar-refractivity contribution in [3.8, 4) is 0 Å². The second-order valence-corrected chi connectivity index (χ2v) is 6.48. The molecule has 2 N–H and O–H groups in total. The van der Waals surface area contributed by atoms with Crippen molar-refractivity contribution in [2.24, 2.45) is 11.8 Å². The molecule has 4 rings (SSSR count). The van der Waals surface area contributed by atoms with Gasteiger partial charge in [0.15, 0.2) is 0 Å². The van der Waals surface area contributed by atoms with E-state index in [1.54, 1.807) is 19.1 Å². The van der Waals surface area contributed by atoms with Crippen LogP contribution in [0.4, 0.5) is 5.69 Å². The SMILES string of the molecule is C[C@@]12C=C[C@@H](O1)[C@H](C(=O)O)[C@H]2C(=O)Nc1cccc2ccccc12. The molecule has 2 bridgehead atoms. The highest BCUT2D eigenvalue weighted by molar-refractivity contribution is 6.04. The molecule has 2 aromatic rings. The topological polar surface area (TPSA) is 75.6 Å². The first-order valence-electron chi connectivity index (χ1n) is 7.88. The van der Waals surface area contributed by atoms with Gasteiger partial charge in [0.25, 0.3) is 0 Å². The minimum absolute atomic E-state index is 0.326. The summed E-state index contributed by atoms with van der Waals surface area (Å²) in [7, 11) is 0. The second-order valence-electron chi connectivity index (χ2n) is 6.48. The largest absolute Gasteiger partial charge is 0.481 e. The lowest BCUT2D eigenvalue weighted by atomic mass is 9.75. The van der Waals surface area contributed by atoms with Gasteiger partial charge in [-0.15, -0.1) is 0 Å². The van der Waals surface area contributed by atoms with Crippen LogP contribution in [-0.4, -0.2) is 28.7 Å². The van der Waals surface area contributed by atoms with Crippen molar-refractivity contribution in [2.45, 2.75) is 18.6 Å². The van der Waals surface area contributed by atoms with Gasteiger partial charge in [0, 0.05) is 11.1 Å². The third-order valence-electron chi connectivity index (χ3n) is 4.95. The number of hydrogen-bond donors (Lipinski definition) is 2. The molecule has 5 nitrogen and oxygen atoms in total. The van der Waals surface area contributed by atoms with Crippen molar-refractivity contribution in [2.75, 3.05) is 5.32 Å². The number of fused-ring (bicyclic) bond motifs is 3. The summed E-state index contributed by atoms with van der Waals surface area (Å²) in [6.45, 7) is 1.76. The average molecular weight is 323 g/mol. The number of benzene rings is 2. The Morgan fingerprint density at radius 2 is 1.92 bits per heavy atom. The predicted molar refractivity (Wildman–Crippen MR) is 89.6 cm³/mol. The predicted octanol–water partition coefficient (Wildman–Crippen LogP) is 2.82. The Balaban J connectivity index is 1.68. The molecule has 24 heavy (non-hydrogen) atoms. The normalized spacial score (nSPS) is 30.6. The fourth-order valence-electron chi connectivity index (χ4n) is 3.83. The van der Waals surface area contributed by atoms with Crippen LogP contribution in [0.25, 0.3) is 10.8 Å². The number of carboxylic acid groups (broad SMARTS) is 1. The van der Waals surface area contributed by atoms with E-state index in [0.717, 1.165) is 10.8 Å². The summed E-state index contributed by atoms with van der Waals surface area (Å²) >= 11 is 0. The summed E-state index contributed by atoms with van der Waals surface area (Å²) in [5.41, 5.74) is -0.194. The number of carbonyl (C=O) groups is 2. The van der Waals surface area contributed by atoms with E-state index in [1.165, 1.54) is 0 Å². The Hall–Kier alpha value is -2.66. The number of amides is 1. The molecule has 0 saturated carbocycles. The van der Waals surface area contributed by atoms with Crippen LogP contribution in [0.5, 0.6) is 0 Å². The first kappa shape index (κ1) is 14.9. The number of carboxylic acids is 1. The maximum Gasteiger partial charge on any atom is 0.310 e. The van der Waals surface area contributed by atoms with Gasteiger partial charge in [0.05, 0.1) is 17.6 Å². The summed E-state index contributed by atoms with van der Waals surface area (Å²) in [4.78, 5) is 24.5. The number of carbonyl (C=O) groups excluding carboxylic acids is 1. The molecule has 2 aromatic carbocycles. The molecule has 2 aliphatic heterocycles. The molecule has 122 valence electrons.